The molecule has 1 aromatic carbocycles. The Balaban J connectivity index is 2.00. The maximum atomic E-state index is 3.51. The second kappa shape index (κ2) is 7.35. The van der Waals surface area contributed by atoms with Crippen LogP contribution in [0.2, 0.25) is 0 Å². The maximum Gasteiger partial charge on any atom is 0.0435 e. The van der Waals surface area contributed by atoms with Gasteiger partial charge in [-0.15, -0.1) is 0 Å². The summed E-state index contributed by atoms with van der Waals surface area (Å²) in [7, 11) is 2.09. The molecule has 0 bridgehead atoms. The van der Waals surface area contributed by atoms with Crippen molar-refractivity contribution in [2.24, 2.45) is 0 Å². The van der Waals surface area contributed by atoms with Gasteiger partial charge in [0.05, 0.1) is 0 Å². The van der Waals surface area contributed by atoms with Crippen LogP contribution in [0.25, 0.3) is 0 Å². The van der Waals surface area contributed by atoms with E-state index in [1.165, 1.54) is 36.8 Å². The van der Waals surface area contributed by atoms with Crippen LogP contribution in [0.5, 0.6) is 0 Å². The number of thioether (sulfide) groups is 1. The van der Waals surface area contributed by atoms with Crippen LogP contribution in [0.3, 0.4) is 0 Å². The standard InChI is InChI=1S/C17H27NS/c1-4-14-9-11-15(12-10-14)17(18-3)13(2)19-16-7-5-6-8-16/h9-13,16-18H,4-8H2,1-3H3. The summed E-state index contributed by atoms with van der Waals surface area (Å²) >= 11 is 2.18. The molecule has 0 heterocycles. The van der Waals surface area contributed by atoms with Crippen molar-refractivity contribution in [3.63, 3.8) is 0 Å². The van der Waals surface area contributed by atoms with Crippen LogP contribution in [0.1, 0.15) is 56.7 Å². The topological polar surface area (TPSA) is 12.0 Å². The van der Waals surface area contributed by atoms with Crippen LogP contribution in [0.15, 0.2) is 24.3 Å². The minimum absolute atomic E-state index is 0.469. The van der Waals surface area contributed by atoms with Crippen molar-refractivity contribution in [2.45, 2.75) is 62.5 Å². The van der Waals surface area contributed by atoms with Crippen LogP contribution >= 0.6 is 11.8 Å². The number of hydrogen-bond donors (Lipinski definition) is 1. The Morgan fingerprint density at radius 2 is 1.84 bits per heavy atom. The molecular formula is C17H27NS. The molecule has 2 heteroatoms. The van der Waals surface area contributed by atoms with E-state index in [2.05, 4.69) is 62.2 Å². The highest BCUT2D eigenvalue weighted by Gasteiger charge is 2.24. The molecular weight excluding hydrogens is 250 g/mol. The van der Waals surface area contributed by atoms with Gasteiger partial charge in [-0.1, -0.05) is 51.0 Å². The molecule has 1 aromatic rings. The molecule has 0 spiro atoms. The largest absolute Gasteiger partial charge is 0.312 e. The molecule has 0 saturated heterocycles. The lowest BCUT2D eigenvalue weighted by molar-refractivity contribution is 0.587. The third-order valence-electron chi connectivity index (χ3n) is 4.24. The quantitative estimate of drug-likeness (QED) is 0.817. The summed E-state index contributed by atoms with van der Waals surface area (Å²) < 4.78 is 0. The number of benzene rings is 1. The van der Waals surface area contributed by atoms with E-state index in [9.17, 15) is 0 Å². The molecule has 1 nitrogen and oxygen atoms in total. The highest BCUT2D eigenvalue weighted by molar-refractivity contribution is 8.00. The molecule has 106 valence electrons. The van der Waals surface area contributed by atoms with E-state index in [0.29, 0.717) is 11.3 Å². The minimum Gasteiger partial charge on any atom is -0.312 e. The van der Waals surface area contributed by atoms with Gasteiger partial charge in [0.2, 0.25) is 0 Å². The molecule has 2 atom stereocenters. The average Bonchev–Trinajstić information content (AvgIpc) is 2.93. The molecule has 0 aromatic heterocycles. The normalized spacial score (nSPS) is 19.5. The van der Waals surface area contributed by atoms with E-state index < -0.39 is 0 Å². The van der Waals surface area contributed by atoms with Crippen molar-refractivity contribution >= 4 is 11.8 Å². The Morgan fingerprint density at radius 3 is 2.37 bits per heavy atom. The van der Waals surface area contributed by atoms with Crippen molar-refractivity contribution in [3.05, 3.63) is 35.4 Å². The maximum absolute atomic E-state index is 3.51. The molecule has 0 radical (unpaired) electrons. The molecule has 1 aliphatic rings. The van der Waals surface area contributed by atoms with Crippen LogP contribution in [0.4, 0.5) is 0 Å². The second-order valence-electron chi connectivity index (χ2n) is 5.61. The summed E-state index contributed by atoms with van der Waals surface area (Å²) in [5.74, 6) is 0. The van der Waals surface area contributed by atoms with E-state index >= 15 is 0 Å². The van der Waals surface area contributed by atoms with Crippen molar-refractivity contribution in [3.8, 4) is 0 Å². The van der Waals surface area contributed by atoms with Crippen LogP contribution < -0.4 is 5.32 Å². The van der Waals surface area contributed by atoms with E-state index in [1.807, 2.05) is 0 Å². The zero-order chi connectivity index (χ0) is 13.7. The third-order valence-corrected chi connectivity index (χ3v) is 5.79. The molecule has 0 aliphatic heterocycles. The van der Waals surface area contributed by atoms with Crippen molar-refractivity contribution in [1.82, 2.24) is 5.32 Å². The Bertz CT molecular complexity index is 367. The molecule has 1 saturated carbocycles. The second-order valence-corrected chi connectivity index (χ2v) is 7.29. The lowest BCUT2D eigenvalue weighted by atomic mass is 10.0. The highest BCUT2D eigenvalue weighted by atomic mass is 32.2. The van der Waals surface area contributed by atoms with Crippen LogP contribution in [0, 0.1) is 0 Å². The van der Waals surface area contributed by atoms with Crippen LogP contribution in [-0.2, 0) is 6.42 Å². The first-order valence-electron chi connectivity index (χ1n) is 7.66. The zero-order valence-electron chi connectivity index (χ0n) is 12.5. The minimum atomic E-state index is 0.469. The first-order valence-corrected chi connectivity index (χ1v) is 8.60. The summed E-state index contributed by atoms with van der Waals surface area (Å²) in [6, 6.07) is 9.60. The van der Waals surface area contributed by atoms with Gasteiger partial charge < -0.3 is 5.32 Å². The fourth-order valence-electron chi connectivity index (χ4n) is 3.04. The summed E-state index contributed by atoms with van der Waals surface area (Å²) in [6.45, 7) is 4.58. The van der Waals surface area contributed by atoms with Crippen molar-refractivity contribution in [1.29, 1.82) is 0 Å². The first-order chi connectivity index (χ1) is 9.24. The Hall–Kier alpha value is -0.470. The fraction of sp³-hybridized carbons (Fsp3) is 0.647. The van der Waals surface area contributed by atoms with E-state index in [4.69, 9.17) is 0 Å². The van der Waals surface area contributed by atoms with Gasteiger partial charge in [0.1, 0.15) is 0 Å². The number of nitrogens with one attached hydrogen (secondary N) is 1. The molecule has 2 rings (SSSR count). The zero-order valence-corrected chi connectivity index (χ0v) is 13.3. The molecule has 2 unspecified atom stereocenters. The van der Waals surface area contributed by atoms with Crippen molar-refractivity contribution in [2.75, 3.05) is 7.05 Å². The smallest absolute Gasteiger partial charge is 0.0435 e. The number of hydrogen-bond acceptors (Lipinski definition) is 2. The van der Waals surface area contributed by atoms with Gasteiger partial charge >= 0.3 is 0 Å². The lowest BCUT2D eigenvalue weighted by Crippen LogP contribution is -2.26. The monoisotopic (exact) mass is 277 g/mol. The fourth-order valence-corrected chi connectivity index (χ4v) is 4.70. The van der Waals surface area contributed by atoms with Gasteiger partial charge in [-0.2, -0.15) is 11.8 Å². The van der Waals surface area contributed by atoms with Gasteiger partial charge in [0, 0.05) is 16.5 Å². The summed E-state index contributed by atoms with van der Waals surface area (Å²) in [6.07, 6.45) is 6.82. The molecule has 1 fully saturated rings. The Morgan fingerprint density at radius 1 is 1.21 bits per heavy atom. The van der Waals surface area contributed by atoms with Gasteiger partial charge in [-0.25, -0.2) is 0 Å². The number of aryl methyl sites for hydroxylation is 1. The Kier molecular flexibility index (Phi) is 5.77. The number of rotatable bonds is 6. The SMILES string of the molecule is CCc1ccc(C(NC)C(C)SC2CCCC2)cc1. The van der Waals surface area contributed by atoms with E-state index in [0.717, 1.165) is 11.7 Å². The predicted octanol–water partition coefficient (Wildman–Crippen LogP) is 4.57. The van der Waals surface area contributed by atoms with Gasteiger partial charge in [0.25, 0.3) is 0 Å². The molecule has 1 aliphatic carbocycles. The average molecular weight is 277 g/mol. The molecule has 19 heavy (non-hydrogen) atoms. The van der Waals surface area contributed by atoms with Gasteiger partial charge in [-0.3, -0.25) is 0 Å². The summed E-state index contributed by atoms with van der Waals surface area (Å²) in [5.41, 5.74) is 2.85. The first kappa shape index (κ1) is 14.9. The van der Waals surface area contributed by atoms with Gasteiger partial charge in [-0.05, 0) is 37.4 Å². The van der Waals surface area contributed by atoms with E-state index in [1.54, 1.807) is 0 Å². The van der Waals surface area contributed by atoms with Crippen LogP contribution in [-0.4, -0.2) is 17.5 Å². The molecule has 1 N–H and O–H groups in total. The summed E-state index contributed by atoms with van der Waals surface area (Å²) in [4.78, 5) is 0. The highest BCUT2D eigenvalue weighted by Crippen LogP contribution is 2.36. The Labute approximate surface area is 122 Å². The van der Waals surface area contributed by atoms with E-state index in [-0.39, 0.29) is 0 Å². The third kappa shape index (κ3) is 4.00. The predicted molar refractivity (Wildman–Crippen MR) is 86.9 cm³/mol. The summed E-state index contributed by atoms with van der Waals surface area (Å²) in [5, 5.41) is 5.04. The molecule has 0 amide bonds. The lowest BCUT2D eigenvalue weighted by Gasteiger charge is -2.26. The van der Waals surface area contributed by atoms with Crippen molar-refractivity contribution < 1.29 is 0 Å². The van der Waals surface area contributed by atoms with Gasteiger partial charge in [0.15, 0.2) is 0 Å².